The van der Waals surface area contributed by atoms with Gasteiger partial charge in [-0.05, 0) is 19.8 Å². The van der Waals surface area contributed by atoms with Gasteiger partial charge >= 0.3 is 0 Å². The lowest BCUT2D eigenvalue weighted by Crippen LogP contribution is -2.59. The Labute approximate surface area is 157 Å². The van der Waals surface area contributed by atoms with Crippen LogP contribution in [0.1, 0.15) is 50.5 Å². The number of piperidine rings is 1. The molecular weight excluding hydrogens is 346 g/mol. The Morgan fingerprint density at radius 2 is 2.07 bits per heavy atom. The van der Waals surface area contributed by atoms with Crippen LogP contribution >= 0.6 is 0 Å². The lowest BCUT2D eigenvalue weighted by Gasteiger charge is -2.50. The van der Waals surface area contributed by atoms with Crippen LogP contribution in [0.15, 0.2) is 19.0 Å². The highest BCUT2D eigenvalue weighted by atomic mass is 16.2. The first-order chi connectivity index (χ1) is 13.1. The maximum Gasteiger partial charge on any atom is 0.247 e. The Morgan fingerprint density at radius 1 is 1.30 bits per heavy atom. The quantitative estimate of drug-likeness (QED) is 0.863. The van der Waals surface area contributed by atoms with Crippen molar-refractivity contribution < 1.29 is 9.59 Å². The third-order valence-corrected chi connectivity index (χ3v) is 5.96. The van der Waals surface area contributed by atoms with E-state index in [1.807, 2.05) is 23.6 Å². The third kappa shape index (κ3) is 2.81. The number of likely N-dealkylation sites (tertiary alicyclic amines) is 1. The van der Waals surface area contributed by atoms with E-state index in [9.17, 15) is 9.59 Å². The van der Waals surface area contributed by atoms with E-state index in [0.29, 0.717) is 38.9 Å². The fourth-order valence-corrected chi connectivity index (χ4v) is 4.43. The number of imidazole rings is 1. The average Bonchev–Trinajstić information content (AvgIpc) is 3.39. The van der Waals surface area contributed by atoms with Crippen LogP contribution in [0.5, 0.6) is 0 Å². The predicted molar refractivity (Wildman–Crippen MR) is 96.5 cm³/mol. The van der Waals surface area contributed by atoms with Crippen molar-refractivity contribution in [1.29, 1.82) is 0 Å². The molecule has 1 unspecified atom stereocenters. The van der Waals surface area contributed by atoms with Crippen molar-refractivity contribution in [2.24, 2.45) is 0 Å². The second kappa shape index (κ2) is 6.79. The van der Waals surface area contributed by atoms with Gasteiger partial charge in [0.05, 0.1) is 17.6 Å². The minimum atomic E-state index is -0.409. The molecule has 0 saturated carbocycles. The van der Waals surface area contributed by atoms with Gasteiger partial charge < -0.3 is 14.8 Å². The van der Waals surface area contributed by atoms with Gasteiger partial charge in [-0.3, -0.25) is 9.59 Å². The number of carbonyl (C=O) groups excluding carboxylic acids is 2. The van der Waals surface area contributed by atoms with Crippen molar-refractivity contribution in [3.05, 3.63) is 30.4 Å². The van der Waals surface area contributed by atoms with Crippen LogP contribution in [0.25, 0.3) is 0 Å². The molecule has 1 N–H and O–H groups in total. The van der Waals surface area contributed by atoms with Crippen LogP contribution in [0, 0.1) is 0 Å². The van der Waals surface area contributed by atoms with Crippen LogP contribution in [0.4, 0.5) is 0 Å². The Kier molecular flexibility index (Phi) is 4.45. The Morgan fingerprint density at radius 3 is 2.74 bits per heavy atom. The van der Waals surface area contributed by atoms with Gasteiger partial charge in [0.25, 0.3) is 0 Å². The summed E-state index contributed by atoms with van der Waals surface area (Å²) >= 11 is 0. The highest BCUT2D eigenvalue weighted by Gasteiger charge is 2.49. The summed E-state index contributed by atoms with van der Waals surface area (Å²) in [5, 5.41) is 4.08. The molecule has 0 aromatic carbocycles. The minimum Gasteiger partial charge on any atom is -0.348 e. The van der Waals surface area contributed by atoms with Crippen molar-refractivity contribution in [2.75, 3.05) is 19.6 Å². The summed E-state index contributed by atoms with van der Waals surface area (Å²) in [6.07, 6.45) is 7.40. The van der Waals surface area contributed by atoms with Crippen molar-refractivity contribution in [1.82, 2.24) is 34.5 Å². The molecule has 2 aliphatic rings. The van der Waals surface area contributed by atoms with Crippen LogP contribution in [0.3, 0.4) is 0 Å². The summed E-state index contributed by atoms with van der Waals surface area (Å²) in [6, 6.07) is -0.387. The topological polar surface area (TPSA) is 100 Å². The van der Waals surface area contributed by atoms with Crippen LogP contribution < -0.4 is 0 Å². The van der Waals surface area contributed by atoms with Gasteiger partial charge in [0.2, 0.25) is 11.8 Å². The molecule has 1 saturated heterocycles. The number of fused-ring (bicyclic) bond motifs is 2. The van der Waals surface area contributed by atoms with Gasteiger partial charge in [0.1, 0.15) is 18.7 Å². The van der Waals surface area contributed by atoms with E-state index < -0.39 is 5.54 Å². The van der Waals surface area contributed by atoms with Crippen LogP contribution in [0.2, 0.25) is 0 Å². The van der Waals surface area contributed by atoms with Crippen molar-refractivity contribution in [3.63, 3.8) is 0 Å². The first-order valence-electron chi connectivity index (χ1n) is 9.53. The molecule has 2 aliphatic heterocycles. The number of aromatic nitrogens is 5. The summed E-state index contributed by atoms with van der Waals surface area (Å²) in [7, 11) is 0. The number of nitrogens with zero attached hydrogens (tertiary/aromatic N) is 6. The molecule has 144 valence electrons. The molecule has 2 aromatic heterocycles. The molecule has 9 heteroatoms. The molecule has 0 radical (unpaired) electrons. The zero-order valence-corrected chi connectivity index (χ0v) is 15.8. The van der Waals surface area contributed by atoms with Gasteiger partial charge in [0, 0.05) is 38.2 Å². The molecule has 1 atom stereocenters. The standard InChI is InChI=1S/C18H25N7O2/c1-3-15(26)24-7-4-14-16(21-11-20-14)18(24)5-8-23(9-6-18)17(27)13(2)25-12-19-10-22-25/h10-13H,3-9H2,1-2H3,(H,20,21). The van der Waals surface area contributed by atoms with Crippen LogP contribution in [-0.2, 0) is 21.5 Å². The molecule has 9 nitrogen and oxygen atoms in total. The SMILES string of the molecule is CCC(=O)N1CCc2[nH]cnc2C12CCN(C(=O)C(C)n1cncn1)CC2. The summed E-state index contributed by atoms with van der Waals surface area (Å²) in [5.74, 6) is 0.182. The van der Waals surface area contributed by atoms with Gasteiger partial charge in [-0.25, -0.2) is 14.6 Å². The Hall–Kier alpha value is -2.71. The summed E-state index contributed by atoms with van der Waals surface area (Å²) in [6.45, 7) is 5.62. The lowest BCUT2D eigenvalue weighted by molar-refractivity contribution is -0.145. The molecule has 1 fully saturated rings. The normalized spacial score (nSPS) is 19.8. The maximum atomic E-state index is 12.9. The predicted octanol–water partition coefficient (Wildman–Crippen LogP) is 0.875. The Bertz CT molecular complexity index is 821. The lowest BCUT2D eigenvalue weighted by atomic mass is 9.78. The highest BCUT2D eigenvalue weighted by Crippen LogP contribution is 2.42. The molecule has 4 heterocycles. The van der Waals surface area contributed by atoms with E-state index in [1.54, 1.807) is 17.3 Å². The first-order valence-corrected chi connectivity index (χ1v) is 9.53. The van der Waals surface area contributed by atoms with Gasteiger partial charge in [-0.15, -0.1) is 0 Å². The fraction of sp³-hybridized carbons (Fsp3) is 0.611. The fourth-order valence-electron chi connectivity index (χ4n) is 4.43. The number of H-pyrrole nitrogens is 1. The summed E-state index contributed by atoms with van der Waals surface area (Å²) in [5.41, 5.74) is 1.69. The molecular formula is C18H25N7O2. The number of rotatable bonds is 3. The maximum absolute atomic E-state index is 12.9. The molecule has 0 aliphatic carbocycles. The van der Waals surface area contributed by atoms with E-state index in [2.05, 4.69) is 20.1 Å². The summed E-state index contributed by atoms with van der Waals surface area (Å²) in [4.78, 5) is 41.1. The second-order valence-electron chi connectivity index (χ2n) is 7.29. The van der Waals surface area contributed by atoms with Crippen LogP contribution in [-0.4, -0.2) is 66.0 Å². The molecule has 0 bridgehead atoms. The molecule has 1 spiro atoms. The number of amides is 2. The second-order valence-corrected chi connectivity index (χ2v) is 7.29. The zero-order chi connectivity index (χ0) is 19.0. The number of nitrogens with one attached hydrogen (secondary N) is 1. The Balaban J connectivity index is 1.55. The van der Waals surface area contributed by atoms with E-state index in [4.69, 9.17) is 0 Å². The van der Waals surface area contributed by atoms with Gasteiger partial charge in [0.15, 0.2) is 0 Å². The molecule has 2 aromatic rings. The molecule has 2 amide bonds. The first kappa shape index (κ1) is 17.7. The third-order valence-electron chi connectivity index (χ3n) is 5.96. The van der Waals surface area contributed by atoms with Gasteiger partial charge in [-0.2, -0.15) is 5.10 Å². The van der Waals surface area contributed by atoms with Gasteiger partial charge in [-0.1, -0.05) is 6.92 Å². The number of hydrogen-bond donors (Lipinski definition) is 1. The highest BCUT2D eigenvalue weighted by molar-refractivity contribution is 5.80. The van der Waals surface area contributed by atoms with E-state index in [-0.39, 0.29) is 17.9 Å². The number of hydrogen-bond acceptors (Lipinski definition) is 5. The smallest absolute Gasteiger partial charge is 0.247 e. The average molecular weight is 371 g/mol. The van der Waals surface area contributed by atoms with Crippen molar-refractivity contribution >= 4 is 11.8 Å². The van der Waals surface area contributed by atoms with E-state index in [0.717, 1.165) is 17.8 Å². The zero-order valence-electron chi connectivity index (χ0n) is 15.8. The van der Waals surface area contributed by atoms with E-state index >= 15 is 0 Å². The van der Waals surface area contributed by atoms with Crippen molar-refractivity contribution in [2.45, 2.75) is 51.1 Å². The van der Waals surface area contributed by atoms with E-state index in [1.165, 1.54) is 6.33 Å². The summed E-state index contributed by atoms with van der Waals surface area (Å²) < 4.78 is 1.58. The molecule has 27 heavy (non-hydrogen) atoms. The van der Waals surface area contributed by atoms with Crippen molar-refractivity contribution in [3.8, 4) is 0 Å². The minimum absolute atomic E-state index is 0.0294. The largest absolute Gasteiger partial charge is 0.348 e. The number of aromatic amines is 1. The number of carbonyl (C=O) groups is 2. The monoisotopic (exact) mass is 371 g/mol. The molecule has 4 rings (SSSR count).